The first-order valence-corrected chi connectivity index (χ1v) is 8.52. The van der Waals surface area contributed by atoms with Crippen molar-refractivity contribution in [1.82, 2.24) is 0 Å². The molecule has 0 bridgehead atoms. The molecule has 1 aliphatic carbocycles. The minimum Gasteiger partial charge on any atom is -0.382 e. The maximum atomic E-state index is 6.12. The van der Waals surface area contributed by atoms with Gasteiger partial charge in [0.1, 0.15) is 0 Å². The highest BCUT2D eigenvalue weighted by molar-refractivity contribution is 9.09. The van der Waals surface area contributed by atoms with Crippen molar-refractivity contribution < 1.29 is 14.2 Å². The lowest BCUT2D eigenvalue weighted by Gasteiger charge is -2.40. The Kier molecular flexibility index (Phi) is 8.54. The van der Waals surface area contributed by atoms with Crippen LogP contribution in [0.4, 0.5) is 0 Å². The van der Waals surface area contributed by atoms with Crippen LogP contribution in [0.2, 0.25) is 0 Å². The first-order chi connectivity index (χ1) is 9.13. The van der Waals surface area contributed by atoms with Crippen LogP contribution in [0.3, 0.4) is 0 Å². The van der Waals surface area contributed by atoms with E-state index in [1.54, 1.807) is 7.11 Å². The number of rotatable bonds is 9. The highest BCUT2D eigenvalue weighted by atomic mass is 79.9. The van der Waals surface area contributed by atoms with Gasteiger partial charge in [-0.05, 0) is 37.5 Å². The van der Waals surface area contributed by atoms with Gasteiger partial charge in [0.25, 0.3) is 0 Å². The molecule has 3 nitrogen and oxygen atoms in total. The summed E-state index contributed by atoms with van der Waals surface area (Å²) in [5.74, 6) is 1.67. The predicted molar refractivity (Wildman–Crippen MR) is 82.0 cm³/mol. The fourth-order valence-electron chi connectivity index (χ4n) is 2.71. The van der Waals surface area contributed by atoms with E-state index < -0.39 is 0 Å². The number of alkyl halides is 1. The second-order valence-electron chi connectivity index (χ2n) is 5.85. The van der Waals surface area contributed by atoms with Gasteiger partial charge in [-0.25, -0.2) is 0 Å². The second kappa shape index (κ2) is 9.32. The molecule has 0 heterocycles. The van der Waals surface area contributed by atoms with Crippen molar-refractivity contribution in [1.29, 1.82) is 0 Å². The standard InChI is InChI=1S/C15H29BrO3/c1-13(2)14-4-6-15(12-16,7-5-14)19-11-10-18-9-8-17-3/h13-14H,4-12H2,1-3H3. The summed E-state index contributed by atoms with van der Waals surface area (Å²) in [7, 11) is 1.69. The Morgan fingerprint density at radius 2 is 1.74 bits per heavy atom. The van der Waals surface area contributed by atoms with Gasteiger partial charge < -0.3 is 14.2 Å². The lowest BCUT2D eigenvalue weighted by Crippen LogP contribution is -2.40. The lowest BCUT2D eigenvalue weighted by molar-refractivity contribution is -0.0835. The Bertz CT molecular complexity index is 225. The van der Waals surface area contributed by atoms with Gasteiger partial charge in [-0.15, -0.1) is 0 Å². The average molecular weight is 337 g/mol. The Balaban J connectivity index is 2.22. The van der Waals surface area contributed by atoms with Crippen LogP contribution in [0, 0.1) is 11.8 Å². The molecule has 0 N–H and O–H groups in total. The number of ether oxygens (including phenoxy) is 3. The summed E-state index contributed by atoms with van der Waals surface area (Å²) in [6.45, 7) is 7.30. The van der Waals surface area contributed by atoms with E-state index in [9.17, 15) is 0 Å². The van der Waals surface area contributed by atoms with Crippen LogP contribution in [0.25, 0.3) is 0 Å². The molecule has 1 saturated carbocycles. The molecule has 0 amide bonds. The van der Waals surface area contributed by atoms with E-state index in [4.69, 9.17) is 14.2 Å². The first-order valence-electron chi connectivity index (χ1n) is 7.40. The fraction of sp³-hybridized carbons (Fsp3) is 1.00. The van der Waals surface area contributed by atoms with E-state index in [1.165, 1.54) is 25.7 Å². The highest BCUT2D eigenvalue weighted by Gasteiger charge is 2.35. The molecule has 114 valence electrons. The summed E-state index contributed by atoms with van der Waals surface area (Å²) in [4.78, 5) is 0. The quantitative estimate of drug-likeness (QED) is 0.475. The number of halogens is 1. The molecule has 1 aliphatic rings. The monoisotopic (exact) mass is 336 g/mol. The van der Waals surface area contributed by atoms with E-state index in [0.717, 1.165) is 17.2 Å². The molecule has 0 unspecified atom stereocenters. The molecule has 19 heavy (non-hydrogen) atoms. The Hall–Kier alpha value is 0.360. The molecule has 0 aliphatic heterocycles. The van der Waals surface area contributed by atoms with Crippen molar-refractivity contribution >= 4 is 15.9 Å². The molecule has 1 rings (SSSR count). The summed E-state index contributed by atoms with van der Waals surface area (Å²) in [5, 5.41) is 0.933. The SMILES string of the molecule is COCCOCCOC1(CBr)CCC(C(C)C)CC1. The third kappa shape index (κ3) is 6.11. The molecular weight excluding hydrogens is 308 g/mol. The first kappa shape index (κ1) is 17.4. The topological polar surface area (TPSA) is 27.7 Å². The van der Waals surface area contributed by atoms with E-state index >= 15 is 0 Å². The average Bonchev–Trinajstić information content (AvgIpc) is 2.43. The van der Waals surface area contributed by atoms with Crippen molar-refractivity contribution in [2.24, 2.45) is 11.8 Å². The van der Waals surface area contributed by atoms with Crippen LogP contribution >= 0.6 is 15.9 Å². The lowest BCUT2D eigenvalue weighted by atomic mass is 9.75. The summed E-state index contributed by atoms with van der Waals surface area (Å²) in [6, 6.07) is 0. The minimum atomic E-state index is 0.0377. The van der Waals surface area contributed by atoms with E-state index in [1.807, 2.05) is 0 Å². The van der Waals surface area contributed by atoms with Gasteiger partial charge in [-0.3, -0.25) is 0 Å². The highest BCUT2D eigenvalue weighted by Crippen LogP contribution is 2.39. The molecule has 0 aromatic heterocycles. The Labute approximate surface area is 126 Å². The molecule has 0 aromatic carbocycles. The van der Waals surface area contributed by atoms with Gasteiger partial charge in [0.05, 0.1) is 32.0 Å². The molecule has 0 spiro atoms. The largest absolute Gasteiger partial charge is 0.382 e. The van der Waals surface area contributed by atoms with Crippen LogP contribution in [0.15, 0.2) is 0 Å². The molecule has 0 radical (unpaired) electrons. The maximum absolute atomic E-state index is 6.12. The van der Waals surface area contributed by atoms with Crippen LogP contribution in [-0.2, 0) is 14.2 Å². The van der Waals surface area contributed by atoms with Crippen molar-refractivity contribution in [3.05, 3.63) is 0 Å². The minimum absolute atomic E-state index is 0.0377. The van der Waals surface area contributed by atoms with Crippen molar-refractivity contribution in [2.45, 2.75) is 45.1 Å². The van der Waals surface area contributed by atoms with E-state index in [2.05, 4.69) is 29.8 Å². The smallest absolute Gasteiger partial charge is 0.0780 e. The van der Waals surface area contributed by atoms with Crippen LogP contribution < -0.4 is 0 Å². The van der Waals surface area contributed by atoms with Crippen molar-refractivity contribution in [2.75, 3.05) is 38.9 Å². The van der Waals surface area contributed by atoms with Crippen LogP contribution in [0.1, 0.15) is 39.5 Å². The normalized spacial score (nSPS) is 27.9. The van der Waals surface area contributed by atoms with Gasteiger partial charge in [0.2, 0.25) is 0 Å². The summed E-state index contributed by atoms with van der Waals surface area (Å²) in [5.41, 5.74) is 0.0377. The third-order valence-corrected chi connectivity index (χ3v) is 5.22. The summed E-state index contributed by atoms with van der Waals surface area (Å²) < 4.78 is 16.5. The molecular formula is C15H29BrO3. The molecule has 1 fully saturated rings. The fourth-order valence-corrected chi connectivity index (χ4v) is 3.43. The third-order valence-electron chi connectivity index (χ3n) is 4.20. The van der Waals surface area contributed by atoms with Gasteiger partial charge in [-0.2, -0.15) is 0 Å². The molecule has 0 saturated heterocycles. The molecule has 0 atom stereocenters. The number of hydrogen-bond donors (Lipinski definition) is 0. The van der Waals surface area contributed by atoms with Crippen molar-refractivity contribution in [3.63, 3.8) is 0 Å². The summed E-state index contributed by atoms with van der Waals surface area (Å²) >= 11 is 3.63. The number of methoxy groups -OCH3 is 1. The zero-order valence-electron chi connectivity index (χ0n) is 12.6. The van der Waals surface area contributed by atoms with E-state index in [0.29, 0.717) is 26.4 Å². The predicted octanol–water partition coefficient (Wildman–Crippen LogP) is 3.65. The zero-order chi connectivity index (χ0) is 14.1. The van der Waals surface area contributed by atoms with Gasteiger partial charge in [0.15, 0.2) is 0 Å². The second-order valence-corrected chi connectivity index (χ2v) is 6.41. The van der Waals surface area contributed by atoms with E-state index in [-0.39, 0.29) is 5.60 Å². The van der Waals surface area contributed by atoms with Crippen LogP contribution in [0.5, 0.6) is 0 Å². The number of hydrogen-bond acceptors (Lipinski definition) is 3. The van der Waals surface area contributed by atoms with Gasteiger partial charge >= 0.3 is 0 Å². The van der Waals surface area contributed by atoms with Crippen LogP contribution in [-0.4, -0.2) is 44.5 Å². The van der Waals surface area contributed by atoms with Gasteiger partial charge in [0, 0.05) is 12.4 Å². The zero-order valence-corrected chi connectivity index (χ0v) is 14.2. The molecule has 4 heteroatoms. The van der Waals surface area contributed by atoms with Crippen molar-refractivity contribution in [3.8, 4) is 0 Å². The maximum Gasteiger partial charge on any atom is 0.0780 e. The molecule has 0 aromatic rings. The summed E-state index contributed by atoms with van der Waals surface area (Å²) in [6.07, 6.45) is 4.90. The Morgan fingerprint density at radius 1 is 1.11 bits per heavy atom. The van der Waals surface area contributed by atoms with Gasteiger partial charge in [-0.1, -0.05) is 29.8 Å². The Morgan fingerprint density at radius 3 is 2.26 bits per heavy atom.